The molecule has 1 aromatic rings. The number of benzene rings is 1. The molecule has 2 atom stereocenters. The number of nitrogens with zero attached hydrogens (tertiary/aromatic N) is 1. The maximum Gasteiger partial charge on any atom is 0.321 e. The number of carboxylic acid groups (broad SMARTS) is 1. The Kier molecular flexibility index (Phi) is 5.79. The van der Waals surface area contributed by atoms with Gasteiger partial charge in [-0.15, -0.1) is 0 Å². The van der Waals surface area contributed by atoms with Crippen LogP contribution in [-0.2, 0) is 11.2 Å². The van der Waals surface area contributed by atoms with E-state index in [0.29, 0.717) is 6.54 Å². The highest BCUT2D eigenvalue weighted by Gasteiger charge is 2.18. The Balaban J connectivity index is 2.63. The Morgan fingerprint density at radius 3 is 2.68 bits per heavy atom. The summed E-state index contributed by atoms with van der Waals surface area (Å²) in [5, 5.41) is 8.81. The molecular formula is C14H22N2O3. The van der Waals surface area contributed by atoms with Crippen molar-refractivity contribution in [1.29, 1.82) is 0 Å². The molecule has 5 heteroatoms. The van der Waals surface area contributed by atoms with Crippen molar-refractivity contribution in [2.24, 2.45) is 5.73 Å². The quantitative estimate of drug-likeness (QED) is 0.769. The molecule has 0 aromatic heterocycles. The van der Waals surface area contributed by atoms with Gasteiger partial charge in [-0.1, -0.05) is 18.2 Å². The van der Waals surface area contributed by atoms with Crippen LogP contribution < -0.4 is 10.5 Å². The van der Waals surface area contributed by atoms with Crippen molar-refractivity contribution < 1.29 is 14.6 Å². The third-order valence-electron chi connectivity index (χ3n) is 3.26. The lowest BCUT2D eigenvalue weighted by molar-refractivity contribution is -0.139. The summed E-state index contributed by atoms with van der Waals surface area (Å²) in [5.74, 6) is -0.123. The molecule has 0 saturated carbocycles. The number of likely N-dealkylation sites (N-methyl/N-ethyl adjacent to an activating group) is 1. The van der Waals surface area contributed by atoms with Gasteiger partial charge in [0.1, 0.15) is 11.8 Å². The standard InChI is InChI=1S/C14H22N2O3/c1-10(16(2)9-12(15)14(17)18)8-11-6-4-5-7-13(11)19-3/h4-7,10,12H,8-9,15H2,1-3H3,(H,17,18). The normalized spacial score (nSPS) is 14.2. The van der Waals surface area contributed by atoms with Crippen molar-refractivity contribution in [1.82, 2.24) is 4.90 Å². The van der Waals surface area contributed by atoms with Crippen molar-refractivity contribution in [2.45, 2.75) is 25.4 Å². The van der Waals surface area contributed by atoms with Crippen LogP contribution in [0.25, 0.3) is 0 Å². The second-order valence-electron chi connectivity index (χ2n) is 4.75. The van der Waals surface area contributed by atoms with Gasteiger partial charge < -0.3 is 20.5 Å². The van der Waals surface area contributed by atoms with Gasteiger partial charge in [-0.05, 0) is 32.0 Å². The molecule has 0 heterocycles. The van der Waals surface area contributed by atoms with E-state index in [0.717, 1.165) is 17.7 Å². The molecule has 5 nitrogen and oxygen atoms in total. The molecule has 0 aliphatic rings. The molecule has 0 spiro atoms. The minimum atomic E-state index is -0.976. The fourth-order valence-corrected chi connectivity index (χ4v) is 1.91. The number of aliphatic carboxylic acids is 1. The molecule has 1 aromatic carbocycles. The minimum absolute atomic E-state index is 0.182. The third kappa shape index (κ3) is 4.54. The van der Waals surface area contributed by atoms with Crippen LogP contribution in [0.15, 0.2) is 24.3 Å². The topological polar surface area (TPSA) is 75.8 Å². The maximum absolute atomic E-state index is 10.7. The molecule has 0 saturated heterocycles. The smallest absolute Gasteiger partial charge is 0.321 e. The highest BCUT2D eigenvalue weighted by molar-refractivity contribution is 5.73. The molecule has 0 aliphatic carbocycles. The summed E-state index contributed by atoms with van der Waals surface area (Å²) in [6.07, 6.45) is 0.785. The zero-order valence-electron chi connectivity index (χ0n) is 11.7. The van der Waals surface area contributed by atoms with Gasteiger partial charge in [0.15, 0.2) is 0 Å². The molecule has 19 heavy (non-hydrogen) atoms. The zero-order chi connectivity index (χ0) is 14.4. The summed E-state index contributed by atoms with van der Waals surface area (Å²) < 4.78 is 5.31. The number of para-hydroxylation sites is 1. The molecule has 0 aliphatic heterocycles. The van der Waals surface area contributed by atoms with E-state index in [9.17, 15) is 4.79 Å². The van der Waals surface area contributed by atoms with Crippen LogP contribution in [-0.4, -0.2) is 48.8 Å². The Bertz CT molecular complexity index is 423. The summed E-state index contributed by atoms with van der Waals surface area (Å²) >= 11 is 0. The second kappa shape index (κ2) is 7.11. The van der Waals surface area contributed by atoms with Crippen LogP contribution in [0.2, 0.25) is 0 Å². The molecule has 1 rings (SSSR count). The van der Waals surface area contributed by atoms with Crippen LogP contribution >= 0.6 is 0 Å². The first kappa shape index (κ1) is 15.5. The number of ether oxygens (including phenoxy) is 1. The molecule has 3 N–H and O–H groups in total. The first-order chi connectivity index (χ1) is 8.95. The van der Waals surface area contributed by atoms with Gasteiger partial charge in [-0.3, -0.25) is 4.79 Å². The Hall–Kier alpha value is -1.59. The number of hydrogen-bond donors (Lipinski definition) is 2. The SMILES string of the molecule is COc1ccccc1CC(C)N(C)CC(N)C(=O)O. The van der Waals surface area contributed by atoms with Crippen LogP contribution in [0.5, 0.6) is 5.75 Å². The number of methoxy groups -OCH3 is 1. The van der Waals surface area contributed by atoms with Crippen LogP contribution in [0.1, 0.15) is 12.5 Å². The maximum atomic E-state index is 10.7. The Morgan fingerprint density at radius 1 is 1.47 bits per heavy atom. The van der Waals surface area contributed by atoms with Crippen molar-refractivity contribution in [3.8, 4) is 5.75 Å². The van der Waals surface area contributed by atoms with E-state index < -0.39 is 12.0 Å². The molecular weight excluding hydrogens is 244 g/mol. The number of nitrogens with two attached hydrogens (primary N) is 1. The van der Waals surface area contributed by atoms with Gasteiger partial charge >= 0.3 is 5.97 Å². The molecule has 0 fully saturated rings. The summed E-state index contributed by atoms with van der Waals surface area (Å²) in [6.45, 7) is 2.37. The summed E-state index contributed by atoms with van der Waals surface area (Å²) in [4.78, 5) is 12.7. The highest BCUT2D eigenvalue weighted by atomic mass is 16.5. The average Bonchev–Trinajstić information content (AvgIpc) is 2.38. The average molecular weight is 266 g/mol. The van der Waals surface area contributed by atoms with E-state index in [1.165, 1.54) is 0 Å². The van der Waals surface area contributed by atoms with Gasteiger partial charge in [-0.2, -0.15) is 0 Å². The van der Waals surface area contributed by atoms with E-state index in [2.05, 4.69) is 0 Å². The van der Waals surface area contributed by atoms with Gasteiger partial charge in [0.05, 0.1) is 7.11 Å². The van der Waals surface area contributed by atoms with Crippen molar-refractivity contribution in [3.63, 3.8) is 0 Å². The monoisotopic (exact) mass is 266 g/mol. The van der Waals surface area contributed by atoms with E-state index in [1.54, 1.807) is 7.11 Å². The van der Waals surface area contributed by atoms with E-state index in [4.69, 9.17) is 15.6 Å². The predicted molar refractivity (Wildman–Crippen MR) is 74.4 cm³/mol. The largest absolute Gasteiger partial charge is 0.496 e. The van der Waals surface area contributed by atoms with E-state index in [-0.39, 0.29) is 6.04 Å². The Morgan fingerprint density at radius 2 is 2.11 bits per heavy atom. The molecule has 0 radical (unpaired) electrons. The third-order valence-corrected chi connectivity index (χ3v) is 3.26. The highest BCUT2D eigenvalue weighted by Crippen LogP contribution is 2.20. The van der Waals surface area contributed by atoms with E-state index in [1.807, 2.05) is 43.1 Å². The first-order valence-corrected chi connectivity index (χ1v) is 6.26. The van der Waals surface area contributed by atoms with Gasteiger partial charge in [0.2, 0.25) is 0 Å². The first-order valence-electron chi connectivity index (χ1n) is 6.26. The summed E-state index contributed by atoms with van der Waals surface area (Å²) in [5.41, 5.74) is 6.64. The van der Waals surface area contributed by atoms with E-state index >= 15 is 0 Å². The van der Waals surface area contributed by atoms with Crippen molar-refractivity contribution >= 4 is 5.97 Å². The molecule has 0 bridgehead atoms. The minimum Gasteiger partial charge on any atom is -0.496 e. The predicted octanol–water partition coefficient (Wildman–Crippen LogP) is 0.970. The number of carbonyl (C=O) groups is 1. The molecule has 106 valence electrons. The second-order valence-corrected chi connectivity index (χ2v) is 4.75. The van der Waals surface area contributed by atoms with Crippen molar-refractivity contribution in [2.75, 3.05) is 20.7 Å². The lowest BCUT2D eigenvalue weighted by atomic mass is 10.0. The molecule has 2 unspecified atom stereocenters. The van der Waals surface area contributed by atoms with Gasteiger partial charge in [0.25, 0.3) is 0 Å². The zero-order valence-corrected chi connectivity index (χ0v) is 11.7. The summed E-state index contributed by atoms with van der Waals surface area (Å²) in [7, 11) is 3.52. The van der Waals surface area contributed by atoms with Crippen LogP contribution in [0.3, 0.4) is 0 Å². The fraction of sp³-hybridized carbons (Fsp3) is 0.500. The number of hydrogen-bond acceptors (Lipinski definition) is 4. The van der Waals surface area contributed by atoms with Crippen molar-refractivity contribution in [3.05, 3.63) is 29.8 Å². The molecule has 0 amide bonds. The summed E-state index contributed by atoms with van der Waals surface area (Å²) in [6, 6.07) is 7.16. The van der Waals surface area contributed by atoms with Gasteiger partial charge in [-0.25, -0.2) is 0 Å². The number of rotatable bonds is 7. The lowest BCUT2D eigenvalue weighted by Gasteiger charge is -2.26. The van der Waals surface area contributed by atoms with Crippen LogP contribution in [0.4, 0.5) is 0 Å². The fourth-order valence-electron chi connectivity index (χ4n) is 1.91. The Labute approximate surface area is 114 Å². The number of carboxylic acids is 1. The lowest BCUT2D eigenvalue weighted by Crippen LogP contribution is -2.44. The van der Waals surface area contributed by atoms with Gasteiger partial charge in [0, 0.05) is 12.6 Å². The van der Waals surface area contributed by atoms with Crippen LogP contribution in [0, 0.1) is 0 Å².